The van der Waals surface area contributed by atoms with Crippen LogP contribution in [0.25, 0.3) is 0 Å². The number of fused-ring (bicyclic) bond motifs is 5. The molecule has 0 amide bonds. The molecule has 0 aliphatic heterocycles. The fraction of sp³-hybridized carbons (Fsp3) is 1.00. The average Bonchev–Trinajstić information content (AvgIpc) is 2.78. The monoisotopic (exact) mass is 276 g/mol. The van der Waals surface area contributed by atoms with Crippen molar-refractivity contribution in [3.05, 3.63) is 0 Å². The van der Waals surface area contributed by atoms with E-state index in [0.717, 1.165) is 24.2 Å². The third-order valence-corrected chi connectivity index (χ3v) is 8.29. The van der Waals surface area contributed by atoms with E-state index in [1.54, 1.807) is 0 Å². The van der Waals surface area contributed by atoms with Gasteiger partial charge in [0.2, 0.25) is 0 Å². The Bertz CT molecular complexity index is 391. The summed E-state index contributed by atoms with van der Waals surface area (Å²) in [5.41, 5.74) is 0.933. The molecule has 7 atom stereocenters. The zero-order valence-electron chi connectivity index (χ0n) is 13.4. The smallest absolute Gasteiger partial charge is 0.0581 e. The number of rotatable bonds is 0. The van der Waals surface area contributed by atoms with Gasteiger partial charge in [-0.2, -0.15) is 0 Å². The van der Waals surface area contributed by atoms with Gasteiger partial charge in [0.05, 0.1) is 6.10 Å². The van der Waals surface area contributed by atoms with Crippen molar-refractivity contribution >= 4 is 0 Å². The van der Waals surface area contributed by atoms with Gasteiger partial charge >= 0.3 is 0 Å². The summed E-state index contributed by atoms with van der Waals surface area (Å²) in [6, 6.07) is 0. The summed E-state index contributed by atoms with van der Waals surface area (Å²) in [4.78, 5) is 0. The highest BCUT2D eigenvalue weighted by Crippen LogP contribution is 2.66. The minimum Gasteiger partial charge on any atom is -0.393 e. The van der Waals surface area contributed by atoms with E-state index in [9.17, 15) is 5.11 Å². The fourth-order valence-corrected chi connectivity index (χ4v) is 7.43. The zero-order chi connectivity index (χ0) is 14.0. The SMILES string of the molecule is C[C@@]12CCC[C@H]1[C@@H]1CCC3CCCC[C@]3(C)[C@H]1[C@@H](O)C2. The molecule has 1 heteroatoms. The van der Waals surface area contributed by atoms with Crippen molar-refractivity contribution in [3.8, 4) is 0 Å². The van der Waals surface area contributed by atoms with Crippen LogP contribution in [-0.2, 0) is 0 Å². The molecular formula is C19H32O. The molecular weight excluding hydrogens is 244 g/mol. The Morgan fingerprint density at radius 3 is 2.60 bits per heavy atom. The van der Waals surface area contributed by atoms with Gasteiger partial charge in [-0.05, 0) is 79.4 Å². The van der Waals surface area contributed by atoms with Gasteiger partial charge in [-0.3, -0.25) is 0 Å². The molecule has 1 nitrogen and oxygen atoms in total. The summed E-state index contributed by atoms with van der Waals surface area (Å²) in [7, 11) is 0. The molecule has 0 aromatic heterocycles. The Labute approximate surface area is 124 Å². The van der Waals surface area contributed by atoms with Gasteiger partial charge in [0.15, 0.2) is 0 Å². The fourth-order valence-electron chi connectivity index (χ4n) is 7.43. The third kappa shape index (κ3) is 1.71. The van der Waals surface area contributed by atoms with E-state index in [1.165, 1.54) is 57.8 Å². The van der Waals surface area contributed by atoms with E-state index >= 15 is 0 Å². The van der Waals surface area contributed by atoms with Crippen molar-refractivity contribution in [1.29, 1.82) is 0 Å². The van der Waals surface area contributed by atoms with Crippen molar-refractivity contribution < 1.29 is 5.11 Å². The van der Waals surface area contributed by atoms with Crippen LogP contribution in [-0.4, -0.2) is 11.2 Å². The molecule has 0 saturated heterocycles. The molecule has 1 unspecified atom stereocenters. The molecule has 0 bridgehead atoms. The zero-order valence-corrected chi connectivity index (χ0v) is 13.4. The van der Waals surface area contributed by atoms with Gasteiger partial charge in [0.25, 0.3) is 0 Å². The molecule has 4 fully saturated rings. The lowest BCUT2D eigenvalue weighted by atomic mass is 9.44. The van der Waals surface area contributed by atoms with Crippen molar-refractivity contribution in [2.45, 2.75) is 84.2 Å². The Kier molecular flexibility index (Phi) is 3.05. The molecule has 0 aromatic rings. The lowest BCUT2D eigenvalue weighted by molar-refractivity contribution is -0.162. The number of hydrogen-bond donors (Lipinski definition) is 1. The van der Waals surface area contributed by atoms with Crippen LogP contribution in [0.15, 0.2) is 0 Å². The molecule has 20 heavy (non-hydrogen) atoms. The van der Waals surface area contributed by atoms with Gasteiger partial charge in [0.1, 0.15) is 0 Å². The molecule has 0 heterocycles. The second-order valence-electron chi connectivity index (χ2n) is 9.14. The van der Waals surface area contributed by atoms with Crippen LogP contribution in [0, 0.1) is 34.5 Å². The predicted molar refractivity (Wildman–Crippen MR) is 82.4 cm³/mol. The largest absolute Gasteiger partial charge is 0.393 e. The van der Waals surface area contributed by atoms with Crippen molar-refractivity contribution in [1.82, 2.24) is 0 Å². The molecule has 0 radical (unpaired) electrons. The van der Waals surface area contributed by atoms with E-state index in [0.29, 0.717) is 16.7 Å². The molecule has 4 rings (SSSR count). The summed E-state index contributed by atoms with van der Waals surface area (Å²) in [5, 5.41) is 11.0. The van der Waals surface area contributed by atoms with Crippen LogP contribution in [0.5, 0.6) is 0 Å². The Morgan fingerprint density at radius 1 is 0.900 bits per heavy atom. The topological polar surface area (TPSA) is 20.2 Å². The van der Waals surface area contributed by atoms with Crippen molar-refractivity contribution in [2.75, 3.05) is 0 Å². The maximum Gasteiger partial charge on any atom is 0.0581 e. The molecule has 4 aliphatic carbocycles. The van der Waals surface area contributed by atoms with Crippen LogP contribution in [0.4, 0.5) is 0 Å². The summed E-state index contributed by atoms with van der Waals surface area (Å²) >= 11 is 0. The number of aliphatic hydroxyl groups is 1. The van der Waals surface area contributed by atoms with E-state index < -0.39 is 0 Å². The lowest BCUT2D eigenvalue weighted by Crippen LogP contribution is -2.57. The van der Waals surface area contributed by atoms with E-state index in [4.69, 9.17) is 0 Å². The van der Waals surface area contributed by atoms with Crippen LogP contribution in [0.2, 0.25) is 0 Å². The van der Waals surface area contributed by atoms with E-state index in [2.05, 4.69) is 13.8 Å². The Morgan fingerprint density at radius 2 is 1.75 bits per heavy atom. The molecule has 0 aromatic carbocycles. The second kappa shape index (κ2) is 4.48. The summed E-state index contributed by atoms with van der Waals surface area (Å²) in [6.07, 6.45) is 13.9. The van der Waals surface area contributed by atoms with Crippen LogP contribution in [0.3, 0.4) is 0 Å². The number of aliphatic hydroxyl groups excluding tert-OH is 1. The van der Waals surface area contributed by atoms with Gasteiger partial charge in [-0.1, -0.05) is 33.1 Å². The normalized spacial score (nSPS) is 58.6. The molecule has 1 N–H and O–H groups in total. The van der Waals surface area contributed by atoms with E-state index in [-0.39, 0.29) is 6.10 Å². The van der Waals surface area contributed by atoms with Crippen LogP contribution < -0.4 is 0 Å². The minimum absolute atomic E-state index is 0.00903. The van der Waals surface area contributed by atoms with Crippen LogP contribution in [0.1, 0.15) is 78.1 Å². The Hall–Kier alpha value is -0.0400. The van der Waals surface area contributed by atoms with Gasteiger partial charge in [-0.25, -0.2) is 0 Å². The minimum atomic E-state index is -0.00903. The summed E-state index contributed by atoms with van der Waals surface area (Å²) < 4.78 is 0. The highest BCUT2D eigenvalue weighted by molar-refractivity contribution is 5.09. The van der Waals surface area contributed by atoms with Gasteiger partial charge in [0, 0.05) is 0 Å². The summed E-state index contributed by atoms with van der Waals surface area (Å²) in [5.74, 6) is 3.30. The maximum absolute atomic E-state index is 11.0. The van der Waals surface area contributed by atoms with E-state index in [1.807, 2.05) is 0 Å². The first-order valence-corrected chi connectivity index (χ1v) is 9.23. The molecule has 0 spiro atoms. The maximum atomic E-state index is 11.0. The van der Waals surface area contributed by atoms with Crippen molar-refractivity contribution in [3.63, 3.8) is 0 Å². The highest BCUT2D eigenvalue weighted by Gasteiger charge is 2.60. The molecule has 4 aliphatic rings. The molecule has 114 valence electrons. The average molecular weight is 276 g/mol. The van der Waals surface area contributed by atoms with Crippen LogP contribution >= 0.6 is 0 Å². The standard InChI is InChI=1S/C19H32O/c1-18-10-5-7-15(18)14-9-8-13-6-3-4-11-19(13,2)17(14)16(20)12-18/h13-17,20H,3-12H2,1-2H3/t13?,14-,15-,16-,17+,18-,19-/m0/s1. The van der Waals surface area contributed by atoms with Crippen molar-refractivity contribution in [2.24, 2.45) is 34.5 Å². The van der Waals surface area contributed by atoms with Gasteiger partial charge < -0.3 is 5.11 Å². The first-order valence-electron chi connectivity index (χ1n) is 9.23. The van der Waals surface area contributed by atoms with Gasteiger partial charge in [-0.15, -0.1) is 0 Å². The Balaban J connectivity index is 1.69. The predicted octanol–water partition coefficient (Wildman–Crippen LogP) is 4.78. The lowest BCUT2D eigenvalue weighted by Gasteiger charge is -2.61. The first-order chi connectivity index (χ1) is 9.55. The highest BCUT2D eigenvalue weighted by atomic mass is 16.3. The second-order valence-corrected chi connectivity index (χ2v) is 9.14. The summed E-state index contributed by atoms with van der Waals surface area (Å²) in [6.45, 7) is 5.04. The third-order valence-electron chi connectivity index (χ3n) is 8.29. The molecule has 4 saturated carbocycles. The quantitative estimate of drug-likeness (QED) is 0.675. The first kappa shape index (κ1) is 13.6. The number of hydrogen-bond acceptors (Lipinski definition) is 1.